The van der Waals surface area contributed by atoms with Gasteiger partial charge < -0.3 is 4.98 Å². The van der Waals surface area contributed by atoms with Gasteiger partial charge in [0.1, 0.15) is 5.01 Å². The molecule has 2 nitrogen and oxygen atoms in total. The van der Waals surface area contributed by atoms with Gasteiger partial charge in [-0.15, -0.1) is 11.3 Å². The molecule has 2 aromatic heterocycles. The number of H-pyrrole nitrogens is 1. The third kappa shape index (κ3) is 1.44. The molecule has 0 atom stereocenters. The Balaban J connectivity index is 2.35. The first-order valence-electron chi connectivity index (χ1n) is 3.53. The van der Waals surface area contributed by atoms with E-state index in [4.69, 9.17) is 0 Å². The first kappa shape index (κ1) is 8.01. The molecule has 0 bridgehead atoms. The average molecular weight is 243 g/mol. The number of nitrogens with one attached hydrogen (secondary N) is 1. The maximum absolute atomic E-state index is 4.42. The Hall–Kier alpha value is -0.610. The van der Waals surface area contributed by atoms with Crippen molar-refractivity contribution in [2.45, 2.75) is 5.33 Å². The van der Waals surface area contributed by atoms with E-state index in [1.165, 1.54) is 0 Å². The lowest BCUT2D eigenvalue weighted by Crippen LogP contribution is -1.75. The van der Waals surface area contributed by atoms with Gasteiger partial charge in [-0.3, -0.25) is 0 Å². The van der Waals surface area contributed by atoms with Gasteiger partial charge in [-0.1, -0.05) is 15.9 Å². The summed E-state index contributed by atoms with van der Waals surface area (Å²) in [5.74, 6) is 0. The van der Waals surface area contributed by atoms with Crippen LogP contribution in [-0.4, -0.2) is 9.97 Å². The molecule has 0 aromatic carbocycles. The van der Waals surface area contributed by atoms with Gasteiger partial charge in [-0.05, 0) is 6.07 Å². The molecule has 2 rings (SSSR count). The average Bonchev–Trinajstić information content (AvgIpc) is 2.75. The lowest BCUT2D eigenvalue weighted by atomic mass is 10.3. The topological polar surface area (TPSA) is 28.7 Å². The van der Waals surface area contributed by atoms with Crippen LogP contribution in [0.4, 0.5) is 0 Å². The third-order valence-electron chi connectivity index (χ3n) is 1.56. The van der Waals surface area contributed by atoms with Crippen molar-refractivity contribution in [2.24, 2.45) is 0 Å². The molecule has 1 N–H and O–H groups in total. The van der Waals surface area contributed by atoms with Crippen molar-refractivity contribution in [3.05, 3.63) is 28.8 Å². The number of thiazole rings is 1. The first-order chi connectivity index (χ1) is 5.90. The van der Waals surface area contributed by atoms with Gasteiger partial charge in [0.15, 0.2) is 0 Å². The maximum atomic E-state index is 4.42. The Morgan fingerprint density at radius 1 is 1.58 bits per heavy atom. The molecule has 0 fully saturated rings. The van der Waals surface area contributed by atoms with Crippen LogP contribution >= 0.6 is 27.3 Å². The van der Waals surface area contributed by atoms with Crippen LogP contribution < -0.4 is 0 Å². The summed E-state index contributed by atoms with van der Waals surface area (Å²) in [6, 6.07) is 2.02. The van der Waals surface area contributed by atoms with E-state index in [1.807, 2.05) is 18.5 Å². The Morgan fingerprint density at radius 2 is 2.50 bits per heavy atom. The molecule has 0 aliphatic carbocycles. The molecule has 0 saturated carbocycles. The van der Waals surface area contributed by atoms with Gasteiger partial charge >= 0.3 is 0 Å². The number of hydrogen-bond acceptors (Lipinski definition) is 2. The molecule has 0 aliphatic rings. The fourth-order valence-electron chi connectivity index (χ4n) is 0.988. The number of hydrogen-bond donors (Lipinski definition) is 1. The zero-order valence-electron chi connectivity index (χ0n) is 6.25. The van der Waals surface area contributed by atoms with Crippen LogP contribution in [0.3, 0.4) is 0 Å². The van der Waals surface area contributed by atoms with Crippen molar-refractivity contribution in [2.75, 3.05) is 0 Å². The molecule has 0 unspecified atom stereocenters. The molecular weight excluding hydrogens is 236 g/mol. The van der Waals surface area contributed by atoms with Crippen LogP contribution in [0.15, 0.2) is 23.8 Å². The number of rotatable bonds is 2. The minimum absolute atomic E-state index is 0.835. The second-order valence-corrected chi connectivity index (χ2v) is 3.86. The summed E-state index contributed by atoms with van der Waals surface area (Å²) in [6.45, 7) is 0. The summed E-state index contributed by atoms with van der Waals surface area (Å²) in [5, 5.41) is 4.02. The van der Waals surface area contributed by atoms with E-state index >= 15 is 0 Å². The molecule has 12 heavy (non-hydrogen) atoms. The molecule has 62 valence electrons. The van der Waals surface area contributed by atoms with Gasteiger partial charge in [0, 0.05) is 23.3 Å². The molecule has 0 amide bonds. The van der Waals surface area contributed by atoms with Gasteiger partial charge in [0.2, 0.25) is 0 Å². The fourth-order valence-corrected chi connectivity index (χ4v) is 2.16. The second kappa shape index (κ2) is 3.41. The molecule has 0 spiro atoms. The van der Waals surface area contributed by atoms with Crippen LogP contribution in [0.5, 0.6) is 0 Å². The summed E-state index contributed by atoms with van der Waals surface area (Å²) in [5.41, 5.74) is 2.20. The maximum Gasteiger partial charge on any atom is 0.104 e. The highest BCUT2D eigenvalue weighted by atomic mass is 79.9. The van der Waals surface area contributed by atoms with Crippen LogP contribution in [0.2, 0.25) is 0 Å². The summed E-state index contributed by atoms with van der Waals surface area (Å²) in [4.78, 5) is 7.43. The highest BCUT2D eigenvalue weighted by Crippen LogP contribution is 2.22. The van der Waals surface area contributed by atoms with Gasteiger partial charge in [-0.25, -0.2) is 4.98 Å². The van der Waals surface area contributed by atoms with Crippen molar-refractivity contribution in [3.8, 4) is 11.3 Å². The Kier molecular flexibility index (Phi) is 2.28. The number of alkyl halides is 1. The van der Waals surface area contributed by atoms with Gasteiger partial charge in [-0.2, -0.15) is 0 Å². The molecule has 2 aromatic rings. The Morgan fingerprint density at radius 3 is 3.08 bits per heavy atom. The number of aromatic nitrogens is 2. The smallest absolute Gasteiger partial charge is 0.104 e. The van der Waals surface area contributed by atoms with Crippen molar-refractivity contribution >= 4 is 27.3 Å². The first-order valence-corrected chi connectivity index (χ1v) is 5.54. The monoisotopic (exact) mass is 242 g/mol. The summed E-state index contributed by atoms with van der Waals surface area (Å²) in [7, 11) is 0. The van der Waals surface area contributed by atoms with E-state index in [-0.39, 0.29) is 0 Å². The Labute approximate surface area is 82.8 Å². The Bertz CT molecular complexity index is 353. The fraction of sp³-hybridized carbons (Fsp3) is 0.125. The summed E-state index contributed by atoms with van der Waals surface area (Å²) >= 11 is 5.05. The van der Waals surface area contributed by atoms with E-state index in [0.29, 0.717) is 0 Å². The largest absolute Gasteiger partial charge is 0.367 e. The van der Waals surface area contributed by atoms with Crippen LogP contribution in [0.25, 0.3) is 11.3 Å². The molecular formula is C8H7BrN2S. The van der Waals surface area contributed by atoms with Gasteiger partial charge in [0.25, 0.3) is 0 Å². The lowest BCUT2D eigenvalue weighted by molar-refractivity contribution is 1.28. The number of aromatic amines is 1. The SMILES string of the molecule is BrCc1nc(-c2cc[nH]c2)cs1. The predicted molar refractivity (Wildman–Crippen MR) is 54.5 cm³/mol. The number of nitrogens with zero attached hydrogens (tertiary/aromatic N) is 1. The highest BCUT2D eigenvalue weighted by molar-refractivity contribution is 9.08. The molecule has 0 aliphatic heterocycles. The molecule has 4 heteroatoms. The van der Waals surface area contributed by atoms with Gasteiger partial charge in [0.05, 0.1) is 11.0 Å². The van der Waals surface area contributed by atoms with E-state index in [2.05, 4.69) is 31.3 Å². The summed E-state index contributed by atoms with van der Waals surface area (Å²) in [6.07, 6.45) is 3.86. The van der Waals surface area contributed by atoms with E-state index in [1.54, 1.807) is 11.3 Å². The van der Waals surface area contributed by atoms with Crippen molar-refractivity contribution < 1.29 is 0 Å². The molecule has 0 saturated heterocycles. The lowest BCUT2D eigenvalue weighted by Gasteiger charge is -1.86. The third-order valence-corrected chi connectivity index (χ3v) is 3.31. The zero-order valence-corrected chi connectivity index (χ0v) is 8.65. The predicted octanol–water partition coefficient (Wildman–Crippen LogP) is 3.03. The molecule has 0 radical (unpaired) electrons. The summed E-state index contributed by atoms with van der Waals surface area (Å²) < 4.78 is 0. The van der Waals surface area contributed by atoms with Crippen LogP contribution in [0, 0.1) is 0 Å². The minimum Gasteiger partial charge on any atom is -0.367 e. The standard InChI is InChI=1S/C8H7BrN2S/c9-3-8-11-7(5-12-8)6-1-2-10-4-6/h1-2,4-5,10H,3H2. The molecule has 2 heterocycles. The van der Waals surface area contributed by atoms with Crippen LogP contribution in [0.1, 0.15) is 5.01 Å². The van der Waals surface area contributed by atoms with E-state index in [0.717, 1.165) is 21.6 Å². The minimum atomic E-state index is 0.835. The van der Waals surface area contributed by atoms with E-state index in [9.17, 15) is 0 Å². The van der Waals surface area contributed by atoms with Crippen LogP contribution in [-0.2, 0) is 5.33 Å². The normalized spacial score (nSPS) is 10.4. The van der Waals surface area contributed by atoms with Crippen molar-refractivity contribution in [3.63, 3.8) is 0 Å². The van der Waals surface area contributed by atoms with Crippen molar-refractivity contribution in [1.29, 1.82) is 0 Å². The second-order valence-electron chi connectivity index (χ2n) is 2.36. The number of halogens is 1. The van der Waals surface area contributed by atoms with Crippen molar-refractivity contribution in [1.82, 2.24) is 9.97 Å². The van der Waals surface area contributed by atoms with E-state index < -0.39 is 0 Å². The quantitative estimate of drug-likeness (QED) is 0.807. The highest BCUT2D eigenvalue weighted by Gasteiger charge is 2.02. The zero-order chi connectivity index (χ0) is 8.39.